The van der Waals surface area contributed by atoms with Crippen molar-refractivity contribution in [3.63, 3.8) is 0 Å². The monoisotopic (exact) mass is 485 g/mol. The molecule has 1 saturated heterocycles. The van der Waals surface area contributed by atoms with E-state index in [1.807, 2.05) is 7.05 Å². The molecule has 3 aliphatic rings. The molecule has 1 aromatic heterocycles. The molecule has 2 amide bonds. The van der Waals surface area contributed by atoms with Crippen molar-refractivity contribution in [2.75, 3.05) is 51.6 Å². The van der Waals surface area contributed by atoms with Crippen molar-refractivity contribution in [1.29, 1.82) is 0 Å². The van der Waals surface area contributed by atoms with E-state index < -0.39 is 18.6 Å². The third-order valence-electron chi connectivity index (χ3n) is 7.37. The number of hydrogen-bond donors (Lipinski definition) is 3. The molecule has 4 N–H and O–H groups in total. The van der Waals surface area contributed by atoms with Crippen LogP contribution in [0, 0.1) is 5.92 Å². The number of carbonyl (C=O) groups excluding carboxylic acids is 2. The van der Waals surface area contributed by atoms with Crippen LogP contribution in [0.25, 0.3) is 0 Å². The Labute approximate surface area is 197 Å². The number of primary amides is 1. The van der Waals surface area contributed by atoms with E-state index in [4.69, 9.17) is 5.73 Å². The molecule has 0 bridgehead atoms. The van der Waals surface area contributed by atoms with E-state index in [1.165, 1.54) is 4.90 Å². The first kappa shape index (κ1) is 24.9. The smallest absolute Gasteiger partial charge is 0.365 e. The Morgan fingerprint density at radius 1 is 1.15 bits per heavy atom. The largest absolute Gasteiger partial charge is 0.401 e. The molecule has 0 aromatic carbocycles. The van der Waals surface area contributed by atoms with E-state index in [0.29, 0.717) is 38.8 Å². The van der Waals surface area contributed by atoms with Gasteiger partial charge in [0.1, 0.15) is 5.56 Å². The zero-order chi connectivity index (χ0) is 24.5. The predicted molar refractivity (Wildman–Crippen MR) is 120 cm³/mol. The molecule has 190 valence electrons. The molecule has 34 heavy (non-hydrogen) atoms. The summed E-state index contributed by atoms with van der Waals surface area (Å²) in [6, 6.07) is 0.304. The highest BCUT2D eigenvalue weighted by Crippen LogP contribution is 2.38. The van der Waals surface area contributed by atoms with Crippen LogP contribution in [-0.2, 0) is 10.3 Å². The lowest BCUT2D eigenvalue weighted by Crippen LogP contribution is -2.55. The number of aromatic nitrogens is 2. The van der Waals surface area contributed by atoms with Crippen LogP contribution in [0.1, 0.15) is 48.9 Å². The number of hydrogen-bond acceptors (Lipinski definition) is 6. The van der Waals surface area contributed by atoms with Gasteiger partial charge in [-0.05, 0) is 45.6 Å². The van der Waals surface area contributed by atoms with Gasteiger partial charge in [0, 0.05) is 50.9 Å². The first-order valence-electron chi connectivity index (χ1n) is 12.0. The molecule has 0 spiro atoms. The predicted octanol–water partition coefficient (Wildman–Crippen LogP) is 1.37. The van der Waals surface area contributed by atoms with Crippen LogP contribution in [0.15, 0.2) is 6.20 Å². The molecule has 4 rings (SSSR count). The summed E-state index contributed by atoms with van der Waals surface area (Å²) in [6.07, 6.45) is 2.48. The molecule has 0 radical (unpaired) electrons. The van der Waals surface area contributed by atoms with Gasteiger partial charge < -0.3 is 16.4 Å². The second-order valence-electron chi connectivity index (χ2n) is 9.88. The van der Waals surface area contributed by atoms with Crippen LogP contribution >= 0.6 is 0 Å². The lowest BCUT2D eigenvalue weighted by molar-refractivity contribution is -0.150. The zero-order valence-electron chi connectivity index (χ0n) is 19.5. The molecule has 0 unspecified atom stereocenters. The van der Waals surface area contributed by atoms with Gasteiger partial charge in [0.05, 0.1) is 12.1 Å². The number of halogens is 3. The van der Waals surface area contributed by atoms with Crippen LogP contribution in [0.2, 0.25) is 0 Å². The fraction of sp³-hybridized carbons (Fsp3) is 0.773. The van der Waals surface area contributed by atoms with Crippen molar-refractivity contribution in [1.82, 2.24) is 24.9 Å². The Morgan fingerprint density at radius 2 is 1.79 bits per heavy atom. The summed E-state index contributed by atoms with van der Waals surface area (Å²) < 4.78 is 39.8. The van der Waals surface area contributed by atoms with Gasteiger partial charge in [-0.3, -0.25) is 24.1 Å². The molecule has 2 aliphatic carbocycles. The fourth-order valence-corrected chi connectivity index (χ4v) is 5.31. The van der Waals surface area contributed by atoms with Crippen molar-refractivity contribution in [3.8, 4) is 0 Å². The quantitative estimate of drug-likeness (QED) is 0.513. The zero-order valence-corrected chi connectivity index (χ0v) is 19.5. The number of likely N-dealkylation sites (N-methyl/N-ethyl adjacent to an activating group) is 1. The molecule has 2 heterocycles. The molecule has 1 aliphatic heterocycles. The standard InChI is InChI=1S/C22H34F3N7O2/c1-27-13-21(32-12-17(18(26)33)19(29-32)28-20(34)15-2-3-15)6-4-16(5-7-21)31-10-8-30(9-11-31)14-22(23,24)25/h12,15-16,27H,2-11,13-14H2,1H3,(H2,26,33)(H,28,29,34). The number of alkyl halides is 3. The van der Waals surface area contributed by atoms with Gasteiger partial charge in [-0.1, -0.05) is 0 Å². The van der Waals surface area contributed by atoms with Crippen molar-refractivity contribution in [2.24, 2.45) is 11.7 Å². The maximum Gasteiger partial charge on any atom is 0.401 e. The summed E-state index contributed by atoms with van der Waals surface area (Å²) >= 11 is 0. The van der Waals surface area contributed by atoms with E-state index in [-0.39, 0.29) is 28.7 Å². The lowest BCUT2D eigenvalue weighted by atomic mass is 9.78. The summed E-state index contributed by atoms with van der Waals surface area (Å²) in [5.41, 5.74) is 5.39. The van der Waals surface area contributed by atoms with Crippen LogP contribution in [0.3, 0.4) is 0 Å². The number of nitrogens with two attached hydrogens (primary N) is 1. The molecule has 12 heteroatoms. The third-order valence-corrected chi connectivity index (χ3v) is 7.37. The van der Waals surface area contributed by atoms with Gasteiger partial charge in [-0.15, -0.1) is 0 Å². The number of nitrogens with zero attached hydrogens (tertiary/aromatic N) is 4. The average molecular weight is 486 g/mol. The molecule has 2 saturated carbocycles. The minimum Gasteiger partial charge on any atom is -0.365 e. The Balaban J connectivity index is 1.42. The van der Waals surface area contributed by atoms with Crippen molar-refractivity contribution in [3.05, 3.63) is 11.8 Å². The fourth-order valence-electron chi connectivity index (χ4n) is 5.31. The highest BCUT2D eigenvalue weighted by atomic mass is 19.4. The number of piperazine rings is 1. The lowest BCUT2D eigenvalue weighted by Gasteiger charge is -2.46. The number of amides is 2. The van der Waals surface area contributed by atoms with Crippen LogP contribution in [-0.4, -0.2) is 89.9 Å². The topological polar surface area (TPSA) is 109 Å². The van der Waals surface area contributed by atoms with Crippen molar-refractivity contribution in [2.45, 2.75) is 56.3 Å². The number of rotatable bonds is 8. The van der Waals surface area contributed by atoms with Gasteiger partial charge in [0.15, 0.2) is 5.82 Å². The summed E-state index contributed by atoms with van der Waals surface area (Å²) in [7, 11) is 1.86. The summed E-state index contributed by atoms with van der Waals surface area (Å²) in [5.74, 6) is -0.585. The maximum absolute atomic E-state index is 12.7. The van der Waals surface area contributed by atoms with Gasteiger partial charge in [-0.2, -0.15) is 18.3 Å². The number of nitrogens with one attached hydrogen (secondary N) is 2. The van der Waals surface area contributed by atoms with Gasteiger partial charge in [-0.25, -0.2) is 0 Å². The Kier molecular flexibility index (Phi) is 7.20. The molecule has 3 fully saturated rings. The second kappa shape index (κ2) is 9.82. The normalized spacial score (nSPS) is 27.0. The number of carbonyl (C=O) groups is 2. The van der Waals surface area contributed by atoms with E-state index in [9.17, 15) is 22.8 Å². The van der Waals surface area contributed by atoms with Crippen molar-refractivity contribution >= 4 is 17.6 Å². The highest BCUT2D eigenvalue weighted by molar-refractivity contribution is 6.02. The van der Waals surface area contributed by atoms with Crippen LogP contribution in [0.4, 0.5) is 19.0 Å². The van der Waals surface area contributed by atoms with Gasteiger partial charge in [0.2, 0.25) is 5.91 Å². The highest BCUT2D eigenvalue weighted by Gasteiger charge is 2.41. The van der Waals surface area contributed by atoms with Crippen LogP contribution in [0.5, 0.6) is 0 Å². The van der Waals surface area contributed by atoms with E-state index in [1.54, 1.807) is 10.9 Å². The first-order valence-corrected chi connectivity index (χ1v) is 12.0. The van der Waals surface area contributed by atoms with Crippen LogP contribution < -0.4 is 16.4 Å². The van der Waals surface area contributed by atoms with E-state index in [0.717, 1.165) is 38.5 Å². The number of anilines is 1. The SMILES string of the molecule is CNCC1(n2cc(C(N)=O)c(NC(=O)C3CC3)n2)CCC(N2CCN(CC(F)(F)F)CC2)CC1. The average Bonchev–Trinajstić information content (AvgIpc) is 3.54. The molecular formula is C22H34F3N7O2. The molecule has 9 nitrogen and oxygen atoms in total. The molecular weight excluding hydrogens is 451 g/mol. The third kappa shape index (κ3) is 5.72. The Hall–Kier alpha value is -2.18. The maximum atomic E-state index is 12.7. The molecule has 0 atom stereocenters. The van der Waals surface area contributed by atoms with Crippen molar-refractivity contribution < 1.29 is 22.8 Å². The van der Waals surface area contributed by atoms with E-state index >= 15 is 0 Å². The molecule has 1 aromatic rings. The Bertz CT molecular complexity index is 884. The Morgan fingerprint density at radius 3 is 2.32 bits per heavy atom. The second-order valence-corrected chi connectivity index (χ2v) is 9.88. The van der Waals surface area contributed by atoms with E-state index in [2.05, 4.69) is 20.6 Å². The van der Waals surface area contributed by atoms with Gasteiger partial charge >= 0.3 is 6.18 Å². The van der Waals surface area contributed by atoms with Gasteiger partial charge in [0.25, 0.3) is 5.91 Å². The summed E-state index contributed by atoms with van der Waals surface area (Å²) in [4.78, 5) is 28.1. The first-order chi connectivity index (χ1) is 16.1. The minimum absolute atomic E-state index is 0.0239. The summed E-state index contributed by atoms with van der Waals surface area (Å²) in [5, 5.41) is 10.6. The minimum atomic E-state index is -4.16. The summed E-state index contributed by atoms with van der Waals surface area (Å²) in [6.45, 7) is 1.88.